The number of carboxylic acid groups (broad SMARTS) is 2. The Labute approximate surface area is 209 Å². The summed E-state index contributed by atoms with van der Waals surface area (Å²) in [5, 5.41) is 21.0. The Hall–Kier alpha value is -2.42. The molecule has 0 saturated heterocycles. The van der Waals surface area contributed by atoms with Crippen molar-refractivity contribution in [3.8, 4) is 0 Å². The predicted octanol–water partition coefficient (Wildman–Crippen LogP) is 4.88. The monoisotopic (exact) mass is 506 g/mol. The molecule has 0 amide bonds. The van der Waals surface area contributed by atoms with Crippen LogP contribution in [0.5, 0.6) is 0 Å². The highest BCUT2D eigenvalue weighted by atomic mass is 35.5. The van der Waals surface area contributed by atoms with Gasteiger partial charge in [-0.3, -0.25) is 14.4 Å². The zero-order valence-corrected chi connectivity index (χ0v) is 21.0. The molecular weight excluding hydrogens is 476 g/mol. The van der Waals surface area contributed by atoms with E-state index in [2.05, 4.69) is 30.2 Å². The van der Waals surface area contributed by atoms with Crippen LogP contribution in [0.3, 0.4) is 0 Å². The molecular formula is C25H31ClN2O5S. The molecule has 34 heavy (non-hydrogen) atoms. The standard InChI is InChI=1S/C21H25ClN2OS.C4H6O4/c1-14(2)11-20(25)16-4-6-21(24-12-16)26-13-18-17-8-10-23-9-7-15(17)3-5-19(18)22;5-3(6)1-2-4(7)8/h3-6,12,14,23H,7-11,13H2,1-2H3;1-2H2,(H,5,6)(H,7,8). The minimum Gasteiger partial charge on any atom is -0.481 e. The highest BCUT2D eigenvalue weighted by molar-refractivity contribution is 7.98. The number of aromatic nitrogens is 1. The van der Waals surface area contributed by atoms with Gasteiger partial charge in [0.2, 0.25) is 0 Å². The number of rotatable bonds is 9. The number of thioether (sulfide) groups is 1. The molecule has 3 rings (SSSR count). The summed E-state index contributed by atoms with van der Waals surface area (Å²) in [7, 11) is 0. The molecule has 0 saturated carbocycles. The molecule has 0 spiro atoms. The highest BCUT2D eigenvalue weighted by Gasteiger charge is 2.15. The van der Waals surface area contributed by atoms with Crippen molar-refractivity contribution in [1.29, 1.82) is 0 Å². The Bertz CT molecular complexity index is 982. The Morgan fingerprint density at radius 2 is 1.74 bits per heavy atom. The molecule has 1 aromatic heterocycles. The van der Waals surface area contributed by atoms with Crippen LogP contribution < -0.4 is 5.32 Å². The minimum atomic E-state index is -1.08. The number of hydrogen-bond donors (Lipinski definition) is 3. The molecule has 0 fully saturated rings. The van der Waals surface area contributed by atoms with Gasteiger partial charge in [-0.05, 0) is 66.7 Å². The lowest BCUT2D eigenvalue weighted by Crippen LogP contribution is -2.16. The van der Waals surface area contributed by atoms with Gasteiger partial charge in [-0.2, -0.15) is 0 Å². The van der Waals surface area contributed by atoms with E-state index >= 15 is 0 Å². The smallest absolute Gasteiger partial charge is 0.303 e. The van der Waals surface area contributed by atoms with Crippen LogP contribution in [0.4, 0.5) is 0 Å². The van der Waals surface area contributed by atoms with Gasteiger partial charge in [0.05, 0.1) is 17.9 Å². The quantitative estimate of drug-likeness (QED) is 0.325. The molecule has 0 unspecified atom stereocenters. The molecule has 9 heteroatoms. The third-order valence-corrected chi connectivity index (χ3v) is 6.49. The van der Waals surface area contributed by atoms with E-state index in [0.29, 0.717) is 17.9 Å². The lowest BCUT2D eigenvalue weighted by atomic mass is 9.98. The van der Waals surface area contributed by atoms with Crippen molar-refractivity contribution in [2.24, 2.45) is 5.92 Å². The van der Waals surface area contributed by atoms with Crippen LogP contribution in [0.25, 0.3) is 0 Å². The van der Waals surface area contributed by atoms with Gasteiger partial charge in [-0.25, -0.2) is 4.98 Å². The maximum atomic E-state index is 12.1. The van der Waals surface area contributed by atoms with E-state index in [4.69, 9.17) is 21.8 Å². The number of ketones is 1. The van der Waals surface area contributed by atoms with Gasteiger partial charge < -0.3 is 15.5 Å². The fourth-order valence-electron chi connectivity index (χ4n) is 3.46. The van der Waals surface area contributed by atoms with Crippen LogP contribution in [0.2, 0.25) is 5.02 Å². The number of aliphatic carboxylic acids is 2. The summed E-state index contributed by atoms with van der Waals surface area (Å²) < 4.78 is 0. The average Bonchev–Trinajstić information content (AvgIpc) is 3.03. The molecule has 2 heterocycles. The minimum absolute atomic E-state index is 0.160. The summed E-state index contributed by atoms with van der Waals surface area (Å²) >= 11 is 8.17. The van der Waals surface area contributed by atoms with E-state index in [1.807, 2.05) is 18.2 Å². The SMILES string of the molecule is CC(C)CC(=O)c1ccc(SCc2c(Cl)ccc3c2CCNCC3)nc1.O=C(O)CCC(=O)O. The number of carboxylic acids is 2. The van der Waals surface area contributed by atoms with Crippen molar-refractivity contribution in [2.45, 2.75) is 56.7 Å². The number of benzene rings is 1. The Morgan fingerprint density at radius 3 is 2.32 bits per heavy atom. The highest BCUT2D eigenvalue weighted by Crippen LogP contribution is 2.31. The number of Topliss-reactive ketones (excluding diaryl/α,β-unsaturated/α-hetero) is 1. The normalized spacial score (nSPS) is 12.8. The molecule has 2 aromatic rings. The van der Waals surface area contributed by atoms with E-state index in [-0.39, 0.29) is 18.6 Å². The fraction of sp³-hybridized carbons (Fsp3) is 0.440. The van der Waals surface area contributed by atoms with Crippen molar-refractivity contribution >= 4 is 41.1 Å². The molecule has 0 aliphatic carbocycles. The zero-order valence-electron chi connectivity index (χ0n) is 19.5. The molecule has 1 aliphatic heterocycles. The van der Waals surface area contributed by atoms with Gasteiger partial charge in [0.15, 0.2) is 5.78 Å². The number of fused-ring (bicyclic) bond motifs is 1. The van der Waals surface area contributed by atoms with E-state index < -0.39 is 11.9 Å². The maximum Gasteiger partial charge on any atom is 0.303 e. The first-order chi connectivity index (χ1) is 16.2. The molecule has 1 aromatic carbocycles. The second kappa shape index (κ2) is 14.1. The molecule has 3 N–H and O–H groups in total. The number of hydrogen-bond acceptors (Lipinski definition) is 6. The zero-order chi connectivity index (χ0) is 25.1. The topological polar surface area (TPSA) is 117 Å². The molecule has 7 nitrogen and oxygen atoms in total. The van der Waals surface area contributed by atoms with E-state index in [0.717, 1.165) is 41.7 Å². The van der Waals surface area contributed by atoms with E-state index in [1.54, 1.807) is 18.0 Å². The summed E-state index contributed by atoms with van der Waals surface area (Å²) in [5.41, 5.74) is 4.71. The van der Waals surface area contributed by atoms with Crippen LogP contribution in [0.15, 0.2) is 35.5 Å². The summed E-state index contributed by atoms with van der Waals surface area (Å²) in [6, 6.07) is 8.00. The van der Waals surface area contributed by atoms with Crippen LogP contribution in [-0.4, -0.2) is 46.0 Å². The molecule has 184 valence electrons. The third-order valence-electron chi connectivity index (χ3n) is 5.16. The van der Waals surface area contributed by atoms with Crippen LogP contribution >= 0.6 is 23.4 Å². The molecule has 1 aliphatic rings. The van der Waals surface area contributed by atoms with Gasteiger partial charge in [0.1, 0.15) is 0 Å². The van der Waals surface area contributed by atoms with E-state index in [9.17, 15) is 14.4 Å². The number of pyridine rings is 1. The first-order valence-corrected chi connectivity index (χ1v) is 12.6. The lowest BCUT2D eigenvalue weighted by molar-refractivity contribution is -0.143. The van der Waals surface area contributed by atoms with E-state index in [1.165, 1.54) is 16.7 Å². The Morgan fingerprint density at radius 1 is 1.06 bits per heavy atom. The van der Waals surface area contributed by atoms with Crippen LogP contribution in [-0.2, 0) is 28.2 Å². The second-order valence-electron chi connectivity index (χ2n) is 8.40. The first-order valence-electron chi connectivity index (χ1n) is 11.2. The van der Waals surface area contributed by atoms with Gasteiger partial charge in [-0.1, -0.05) is 31.5 Å². The van der Waals surface area contributed by atoms with Crippen molar-refractivity contribution in [1.82, 2.24) is 10.3 Å². The van der Waals surface area contributed by atoms with Crippen LogP contribution in [0, 0.1) is 5.92 Å². The lowest BCUT2D eigenvalue weighted by Gasteiger charge is -2.14. The van der Waals surface area contributed by atoms with Crippen molar-refractivity contribution in [3.05, 3.63) is 57.7 Å². The molecule has 0 radical (unpaired) electrons. The second-order valence-corrected chi connectivity index (χ2v) is 9.80. The third kappa shape index (κ3) is 9.44. The van der Waals surface area contributed by atoms with Crippen molar-refractivity contribution in [2.75, 3.05) is 13.1 Å². The average molecular weight is 507 g/mol. The van der Waals surface area contributed by atoms with Gasteiger partial charge in [0.25, 0.3) is 0 Å². The van der Waals surface area contributed by atoms with Crippen molar-refractivity contribution in [3.63, 3.8) is 0 Å². The predicted molar refractivity (Wildman–Crippen MR) is 134 cm³/mol. The number of carbonyl (C=O) groups excluding carboxylic acids is 1. The number of halogens is 1. The summed E-state index contributed by atoms with van der Waals surface area (Å²) in [6.07, 6.45) is 3.74. The molecule has 0 atom stereocenters. The maximum absolute atomic E-state index is 12.1. The molecule has 0 bridgehead atoms. The van der Waals surface area contributed by atoms with Gasteiger partial charge in [-0.15, -0.1) is 11.8 Å². The van der Waals surface area contributed by atoms with Crippen LogP contribution in [0.1, 0.15) is 60.2 Å². The van der Waals surface area contributed by atoms with Gasteiger partial charge in [0, 0.05) is 29.0 Å². The summed E-state index contributed by atoms with van der Waals surface area (Å²) in [4.78, 5) is 35.9. The number of carbonyl (C=O) groups is 3. The number of nitrogens with zero attached hydrogens (tertiary/aromatic N) is 1. The Balaban J connectivity index is 0.000000440. The summed E-state index contributed by atoms with van der Waals surface area (Å²) in [6.45, 7) is 6.12. The van der Waals surface area contributed by atoms with Gasteiger partial charge >= 0.3 is 11.9 Å². The Kier molecular flexibility index (Phi) is 11.5. The van der Waals surface area contributed by atoms with Crippen molar-refractivity contribution < 1.29 is 24.6 Å². The number of nitrogens with one attached hydrogen (secondary N) is 1. The largest absolute Gasteiger partial charge is 0.481 e. The summed E-state index contributed by atoms with van der Waals surface area (Å²) in [5.74, 6) is -0.830. The fourth-order valence-corrected chi connectivity index (χ4v) is 4.69. The first kappa shape index (κ1) is 27.8.